The van der Waals surface area contributed by atoms with Gasteiger partial charge in [-0.1, -0.05) is 41.6 Å². The lowest BCUT2D eigenvalue weighted by Gasteiger charge is -1.96. The van der Waals surface area contributed by atoms with Crippen molar-refractivity contribution >= 4 is 24.1 Å². The molecule has 0 aliphatic carbocycles. The summed E-state index contributed by atoms with van der Waals surface area (Å²) in [6.45, 7) is 0. The number of halogens is 1. The number of hydrogen-bond acceptors (Lipinski definition) is 3. The van der Waals surface area contributed by atoms with Crippen LogP contribution in [0.4, 0.5) is 0 Å². The van der Waals surface area contributed by atoms with Crippen LogP contribution >= 0.6 is 12.4 Å². The van der Waals surface area contributed by atoms with Gasteiger partial charge >= 0.3 is 0 Å². The number of rotatable bonds is 2. The number of pyridine rings is 1. The van der Waals surface area contributed by atoms with Crippen LogP contribution in [-0.4, -0.2) is 21.0 Å². The Bertz CT molecular complexity index is 707. The van der Waals surface area contributed by atoms with Crippen molar-refractivity contribution in [2.75, 3.05) is 0 Å². The van der Waals surface area contributed by atoms with Crippen molar-refractivity contribution in [1.29, 1.82) is 0 Å². The Kier molecular flexibility index (Phi) is 3.82. The summed E-state index contributed by atoms with van der Waals surface area (Å²) in [6.07, 6.45) is 3.29. The van der Waals surface area contributed by atoms with Crippen LogP contribution in [0, 0.1) is 0 Å². The predicted octanol–water partition coefficient (Wildman–Crippen LogP) is 3.23. The maximum Gasteiger partial charge on any atom is 0.102 e. The molecule has 19 heavy (non-hydrogen) atoms. The van der Waals surface area contributed by atoms with Gasteiger partial charge in [-0.05, 0) is 12.1 Å². The monoisotopic (exact) mass is 273 g/mol. The van der Waals surface area contributed by atoms with Gasteiger partial charge in [-0.15, -0.1) is 12.4 Å². The molecule has 0 atom stereocenters. The van der Waals surface area contributed by atoms with Crippen molar-refractivity contribution in [2.45, 2.75) is 0 Å². The van der Waals surface area contributed by atoms with E-state index in [1.807, 2.05) is 54.7 Å². The van der Waals surface area contributed by atoms with Gasteiger partial charge in [0, 0.05) is 17.3 Å². The zero-order chi connectivity index (χ0) is 12.4. The molecule has 0 fully saturated rings. The normalized spacial score (nSPS) is 10.7. The average molecular weight is 274 g/mol. The van der Waals surface area contributed by atoms with Gasteiger partial charge in [-0.25, -0.2) is 4.52 Å². The molecule has 3 rings (SSSR count). The van der Waals surface area contributed by atoms with Crippen LogP contribution in [0.15, 0.2) is 59.9 Å². The summed E-state index contributed by atoms with van der Waals surface area (Å²) in [6, 6.07) is 15.6. The molecule has 0 amide bonds. The lowest BCUT2D eigenvalue weighted by Crippen LogP contribution is -1.85. The number of benzene rings is 1. The number of aromatic nitrogens is 2. The first-order valence-corrected chi connectivity index (χ1v) is 5.60. The predicted molar refractivity (Wildman–Crippen MR) is 77.3 cm³/mol. The Morgan fingerprint density at radius 3 is 2.53 bits per heavy atom. The smallest absolute Gasteiger partial charge is 0.102 e. The standard InChI is InChI=1S/C14H11N3O.ClH/c18-15-10-12-13-8-4-5-9-17(13)16-14(12)11-6-2-1-3-7-11;/h1-10,18H;1H. The highest BCUT2D eigenvalue weighted by Crippen LogP contribution is 2.24. The summed E-state index contributed by atoms with van der Waals surface area (Å²) < 4.78 is 1.78. The Hall–Kier alpha value is -2.33. The van der Waals surface area contributed by atoms with Crippen molar-refractivity contribution in [1.82, 2.24) is 9.61 Å². The lowest BCUT2D eigenvalue weighted by molar-refractivity contribution is 0.322. The van der Waals surface area contributed by atoms with Crippen LogP contribution in [0.3, 0.4) is 0 Å². The Morgan fingerprint density at radius 2 is 1.79 bits per heavy atom. The van der Waals surface area contributed by atoms with Gasteiger partial charge in [0.15, 0.2) is 0 Å². The van der Waals surface area contributed by atoms with Gasteiger partial charge in [-0.2, -0.15) is 5.10 Å². The van der Waals surface area contributed by atoms with E-state index in [0.717, 1.165) is 22.3 Å². The van der Waals surface area contributed by atoms with Gasteiger partial charge in [0.05, 0.1) is 11.7 Å². The molecule has 3 aromatic rings. The molecule has 0 aliphatic heterocycles. The molecule has 4 nitrogen and oxygen atoms in total. The second-order valence-corrected chi connectivity index (χ2v) is 3.90. The molecular weight excluding hydrogens is 262 g/mol. The summed E-state index contributed by atoms with van der Waals surface area (Å²) in [4.78, 5) is 0. The molecule has 0 bridgehead atoms. The molecule has 0 saturated carbocycles. The van der Waals surface area contributed by atoms with E-state index in [1.165, 1.54) is 6.21 Å². The number of oxime groups is 1. The zero-order valence-corrected chi connectivity index (χ0v) is 10.8. The third-order valence-corrected chi connectivity index (χ3v) is 2.81. The molecule has 5 heteroatoms. The quantitative estimate of drug-likeness (QED) is 0.443. The maximum absolute atomic E-state index is 8.80. The molecule has 96 valence electrons. The van der Waals surface area contributed by atoms with Crippen molar-refractivity contribution in [3.05, 3.63) is 60.3 Å². The average Bonchev–Trinajstić information content (AvgIpc) is 2.80. The minimum Gasteiger partial charge on any atom is -0.411 e. The van der Waals surface area contributed by atoms with Crippen molar-refractivity contribution in [2.24, 2.45) is 5.16 Å². The number of fused-ring (bicyclic) bond motifs is 1. The molecule has 1 aromatic carbocycles. The molecule has 1 N–H and O–H groups in total. The summed E-state index contributed by atoms with van der Waals surface area (Å²) in [5.74, 6) is 0. The van der Waals surface area contributed by atoms with Crippen molar-refractivity contribution in [3.63, 3.8) is 0 Å². The largest absolute Gasteiger partial charge is 0.411 e. The van der Waals surface area contributed by atoms with E-state index in [9.17, 15) is 0 Å². The zero-order valence-electron chi connectivity index (χ0n) is 9.97. The number of nitrogens with zero attached hydrogens (tertiary/aromatic N) is 3. The van der Waals surface area contributed by atoms with Crippen LogP contribution < -0.4 is 0 Å². The molecule has 0 aliphatic rings. The first-order chi connectivity index (χ1) is 8.90. The van der Waals surface area contributed by atoms with Crippen LogP contribution in [0.1, 0.15) is 5.56 Å². The van der Waals surface area contributed by atoms with Crippen LogP contribution in [0.5, 0.6) is 0 Å². The minimum absolute atomic E-state index is 0. The molecular formula is C14H12ClN3O. The van der Waals surface area contributed by atoms with E-state index in [0.29, 0.717) is 0 Å². The fourth-order valence-electron chi connectivity index (χ4n) is 2.01. The molecule has 2 aromatic heterocycles. The van der Waals surface area contributed by atoms with Gasteiger partial charge in [0.2, 0.25) is 0 Å². The SMILES string of the molecule is Cl.ON=Cc1c(-c2ccccc2)nn2ccccc12. The van der Waals surface area contributed by atoms with E-state index in [4.69, 9.17) is 5.21 Å². The van der Waals surface area contributed by atoms with Gasteiger partial charge in [0.25, 0.3) is 0 Å². The second kappa shape index (κ2) is 5.54. The van der Waals surface area contributed by atoms with E-state index < -0.39 is 0 Å². The van der Waals surface area contributed by atoms with Crippen molar-refractivity contribution in [3.8, 4) is 11.3 Å². The molecule has 2 heterocycles. The Balaban J connectivity index is 0.00000133. The van der Waals surface area contributed by atoms with E-state index >= 15 is 0 Å². The topological polar surface area (TPSA) is 49.9 Å². The van der Waals surface area contributed by atoms with E-state index in [-0.39, 0.29) is 12.4 Å². The van der Waals surface area contributed by atoms with Crippen LogP contribution in [0.2, 0.25) is 0 Å². The first kappa shape index (κ1) is 13.1. The third kappa shape index (κ3) is 2.30. The highest BCUT2D eigenvalue weighted by molar-refractivity contribution is 5.96. The summed E-state index contributed by atoms with van der Waals surface area (Å²) >= 11 is 0. The molecule has 0 saturated heterocycles. The third-order valence-electron chi connectivity index (χ3n) is 2.81. The molecule has 0 unspecified atom stereocenters. The van der Waals surface area contributed by atoms with Crippen LogP contribution in [0.25, 0.3) is 16.8 Å². The molecule has 0 spiro atoms. The van der Waals surface area contributed by atoms with Crippen molar-refractivity contribution < 1.29 is 5.21 Å². The fourth-order valence-corrected chi connectivity index (χ4v) is 2.01. The fraction of sp³-hybridized carbons (Fsp3) is 0. The van der Waals surface area contributed by atoms with Gasteiger partial charge in [0.1, 0.15) is 5.69 Å². The Morgan fingerprint density at radius 1 is 1.05 bits per heavy atom. The maximum atomic E-state index is 8.80. The van der Waals surface area contributed by atoms with Gasteiger partial charge < -0.3 is 5.21 Å². The summed E-state index contributed by atoms with van der Waals surface area (Å²) in [5.41, 5.74) is 3.52. The van der Waals surface area contributed by atoms with E-state index in [2.05, 4.69) is 10.3 Å². The van der Waals surface area contributed by atoms with E-state index in [1.54, 1.807) is 4.52 Å². The number of hydrogen-bond donors (Lipinski definition) is 1. The lowest BCUT2D eigenvalue weighted by atomic mass is 10.1. The van der Waals surface area contributed by atoms with Crippen LogP contribution in [-0.2, 0) is 0 Å². The first-order valence-electron chi connectivity index (χ1n) is 5.60. The second-order valence-electron chi connectivity index (χ2n) is 3.90. The molecule has 0 radical (unpaired) electrons. The highest BCUT2D eigenvalue weighted by Gasteiger charge is 2.12. The highest BCUT2D eigenvalue weighted by atomic mass is 35.5. The van der Waals surface area contributed by atoms with Gasteiger partial charge in [-0.3, -0.25) is 0 Å². The Labute approximate surface area is 116 Å². The summed E-state index contributed by atoms with van der Waals surface area (Å²) in [5, 5.41) is 16.5. The minimum atomic E-state index is 0. The summed E-state index contributed by atoms with van der Waals surface area (Å²) in [7, 11) is 0.